The van der Waals surface area contributed by atoms with Crippen molar-refractivity contribution in [2.75, 3.05) is 0 Å². The fourth-order valence-electron chi connectivity index (χ4n) is 1.90. The summed E-state index contributed by atoms with van der Waals surface area (Å²) in [7, 11) is 0. The van der Waals surface area contributed by atoms with Crippen LogP contribution in [-0.4, -0.2) is 6.04 Å². The SMILES string of the molecule is CCc1cccc(OC(c2ccsc2)C(C)N)c1. The zero-order chi connectivity index (χ0) is 13.0. The molecule has 0 saturated heterocycles. The van der Waals surface area contributed by atoms with Crippen molar-refractivity contribution in [2.24, 2.45) is 5.73 Å². The molecule has 1 aromatic heterocycles. The molecule has 0 aliphatic carbocycles. The van der Waals surface area contributed by atoms with E-state index in [-0.39, 0.29) is 12.1 Å². The van der Waals surface area contributed by atoms with E-state index in [9.17, 15) is 0 Å². The summed E-state index contributed by atoms with van der Waals surface area (Å²) in [6.07, 6.45) is 0.932. The van der Waals surface area contributed by atoms with Gasteiger partial charge in [-0.1, -0.05) is 19.1 Å². The standard InChI is InChI=1S/C15H19NOS/c1-3-12-5-4-6-14(9-12)17-15(11(2)16)13-7-8-18-10-13/h4-11,15H,3,16H2,1-2H3. The van der Waals surface area contributed by atoms with Gasteiger partial charge in [0.15, 0.2) is 0 Å². The minimum absolute atomic E-state index is 0.0371. The van der Waals surface area contributed by atoms with Gasteiger partial charge in [0.2, 0.25) is 0 Å². The molecule has 18 heavy (non-hydrogen) atoms. The average molecular weight is 261 g/mol. The van der Waals surface area contributed by atoms with E-state index >= 15 is 0 Å². The fraction of sp³-hybridized carbons (Fsp3) is 0.333. The van der Waals surface area contributed by atoms with E-state index in [1.54, 1.807) is 11.3 Å². The van der Waals surface area contributed by atoms with Crippen molar-refractivity contribution in [3.63, 3.8) is 0 Å². The normalized spacial score (nSPS) is 14.2. The molecule has 2 rings (SSSR count). The van der Waals surface area contributed by atoms with Crippen LogP contribution in [0, 0.1) is 0 Å². The molecule has 0 radical (unpaired) electrons. The van der Waals surface area contributed by atoms with Gasteiger partial charge in [0.1, 0.15) is 11.9 Å². The summed E-state index contributed by atoms with van der Waals surface area (Å²) < 4.78 is 6.04. The average Bonchev–Trinajstić information content (AvgIpc) is 2.89. The molecule has 0 bridgehead atoms. The Labute approximate surface area is 112 Å². The topological polar surface area (TPSA) is 35.2 Å². The smallest absolute Gasteiger partial charge is 0.139 e. The third-order valence-corrected chi connectivity index (χ3v) is 3.62. The molecular formula is C15H19NOS. The van der Waals surface area contributed by atoms with Crippen LogP contribution in [-0.2, 0) is 6.42 Å². The molecule has 0 aliphatic heterocycles. The Morgan fingerprint density at radius 3 is 2.78 bits per heavy atom. The van der Waals surface area contributed by atoms with E-state index in [4.69, 9.17) is 10.5 Å². The molecule has 1 heterocycles. The molecule has 0 spiro atoms. The molecule has 2 nitrogen and oxygen atoms in total. The minimum Gasteiger partial charge on any atom is -0.484 e. The second kappa shape index (κ2) is 6.03. The van der Waals surface area contributed by atoms with Crippen LogP contribution in [0.3, 0.4) is 0 Å². The predicted molar refractivity (Wildman–Crippen MR) is 77.2 cm³/mol. The lowest BCUT2D eigenvalue weighted by molar-refractivity contribution is 0.181. The van der Waals surface area contributed by atoms with Gasteiger partial charge in [0.05, 0.1) is 0 Å². The number of ether oxygens (including phenoxy) is 1. The molecule has 2 aromatic rings. The quantitative estimate of drug-likeness (QED) is 0.889. The highest BCUT2D eigenvalue weighted by Crippen LogP contribution is 2.26. The minimum atomic E-state index is -0.0802. The highest BCUT2D eigenvalue weighted by atomic mass is 32.1. The zero-order valence-electron chi connectivity index (χ0n) is 10.8. The lowest BCUT2D eigenvalue weighted by Crippen LogP contribution is -2.28. The van der Waals surface area contributed by atoms with E-state index in [0.717, 1.165) is 17.7 Å². The molecule has 0 aliphatic rings. The largest absolute Gasteiger partial charge is 0.484 e. The first-order valence-corrected chi connectivity index (χ1v) is 7.18. The summed E-state index contributed by atoms with van der Waals surface area (Å²) in [5, 5.41) is 4.15. The molecule has 3 heteroatoms. The van der Waals surface area contributed by atoms with E-state index in [2.05, 4.69) is 35.9 Å². The summed E-state index contributed by atoms with van der Waals surface area (Å²) in [6, 6.07) is 10.2. The van der Waals surface area contributed by atoms with Crippen molar-refractivity contribution in [3.05, 3.63) is 52.2 Å². The maximum absolute atomic E-state index is 6.04. The van der Waals surface area contributed by atoms with Gasteiger partial charge in [0, 0.05) is 11.6 Å². The molecule has 0 amide bonds. The number of aryl methyl sites for hydroxylation is 1. The molecule has 2 N–H and O–H groups in total. The molecule has 2 atom stereocenters. The molecule has 2 unspecified atom stereocenters. The van der Waals surface area contributed by atoms with Crippen LogP contribution in [0.5, 0.6) is 5.75 Å². The summed E-state index contributed by atoms with van der Waals surface area (Å²) in [5.74, 6) is 0.892. The summed E-state index contributed by atoms with van der Waals surface area (Å²) in [5.41, 5.74) is 8.45. The number of nitrogens with two attached hydrogens (primary N) is 1. The first-order valence-electron chi connectivity index (χ1n) is 6.24. The van der Waals surface area contributed by atoms with Crippen molar-refractivity contribution in [1.82, 2.24) is 0 Å². The van der Waals surface area contributed by atoms with E-state index in [1.165, 1.54) is 5.56 Å². The monoisotopic (exact) mass is 261 g/mol. The van der Waals surface area contributed by atoms with Crippen LogP contribution in [0.15, 0.2) is 41.1 Å². The Hall–Kier alpha value is -1.32. The first-order chi connectivity index (χ1) is 8.70. The number of hydrogen-bond donors (Lipinski definition) is 1. The van der Waals surface area contributed by atoms with Crippen molar-refractivity contribution in [2.45, 2.75) is 32.4 Å². The van der Waals surface area contributed by atoms with Gasteiger partial charge in [-0.3, -0.25) is 0 Å². The van der Waals surface area contributed by atoms with Crippen molar-refractivity contribution >= 4 is 11.3 Å². The Bertz CT molecular complexity index is 479. The van der Waals surface area contributed by atoms with Gasteiger partial charge >= 0.3 is 0 Å². The highest BCUT2D eigenvalue weighted by molar-refractivity contribution is 7.07. The lowest BCUT2D eigenvalue weighted by Gasteiger charge is -2.22. The van der Waals surface area contributed by atoms with Crippen molar-refractivity contribution in [3.8, 4) is 5.75 Å². The second-order valence-electron chi connectivity index (χ2n) is 4.46. The van der Waals surface area contributed by atoms with Gasteiger partial charge in [-0.15, -0.1) is 0 Å². The Morgan fingerprint density at radius 2 is 2.17 bits per heavy atom. The summed E-state index contributed by atoms with van der Waals surface area (Å²) in [6.45, 7) is 4.12. The van der Waals surface area contributed by atoms with E-state index in [1.807, 2.05) is 19.1 Å². The molecule has 96 valence electrons. The summed E-state index contributed by atoms with van der Waals surface area (Å²) in [4.78, 5) is 0. The third-order valence-electron chi connectivity index (χ3n) is 2.92. The maximum atomic E-state index is 6.04. The zero-order valence-corrected chi connectivity index (χ0v) is 11.6. The van der Waals surface area contributed by atoms with Crippen LogP contribution in [0.1, 0.15) is 31.1 Å². The molecule has 0 fully saturated rings. The van der Waals surface area contributed by atoms with Gasteiger partial charge in [-0.05, 0) is 47.9 Å². The van der Waals surface area contributed by atoms with Crippen LogP contribution in [0.25, 0.3) is 0 Å². The number of hydrogen-bond acceptors (Lipinski definition) is 3. The number of benzene rings is 1. The fourth-order valence-corrected chi connectivity index (χ4v) is 2.59. The Kier molecular flexibility index (Phi) is 4.39. The highest BCUT2D eigenvalue weighted by Gasteiger charge is 2.18. The molecular weight excluding hydrogens is 242 g/mol. The third kappa shape index (κ3) is 3.12. The van der Waals surface area contributed by atoms with Crippen molar-refractivity contribution < 1.29 is 4.74 Å². The van der Waals surface area contributed by atoms with Gasteiger partial charge in [-0.25, -0.2) is 0 Å². The van der Waals surface area contributed by atoms with Gasteiger partial charge in [0.25, 0.3) is 0 Å². The lowest BCUT2D eigenvalue weighted by atomic mass is 10.1. The van der Waals surface area contributed by atoms with Crippen LogP contribution in [0.2, 0.25) is 0 Å². The van der Waals surface area contributed by atoms with Crippen LogP contribution < -0.4 is 10.5 Å². The van der Waals surface area contributed by atoms with Gasteiger partial charge in [-0.2, -0.15) is 11.3 Å². The number of rotatable bonds is 5. The summed E-state index contributed by atoms with van der Waals surface area (Å²) >= 11 is 1.67. The van der Waals surface area contributed by atoms with Gasteiger partial charge < -0.3 is 10.5 Å². The van der Waals surface area contributed by atoms with E-state index in [0.29, 0.717) is 0 Å². The second-order valence-corrected chi connectivity index (χ2v) is 5.24. The van der Waals surface area contributed by atoms with Crippen molar-refractivity contribution in [1.29, 1.82) is 0 Å². The van der Waals surface area contributed by atoms with Crippen LogP contribution in [0.4, 0.5) is 0 Å². The molecule has 1 aromatic carbocycles. The van der Waals surface area contributed by atoms with Crippen LogP contribution >= 0.6 is 11.3 Å². The number of thiophene rings is 1. The van der Waals surface area contributed by atoms with E-state index < -0.39 is 0 Å². The first kappa shape index (κ1) is 13.1. The molecule has 0 saturated carbocycles. The predicted octanol–water partition coefficient (Wildman–Crippen LogP) is 3.78. The maximum Gasteiger partial charge on any atom is 0.139 e. The Balaban J connectivity index is 2.18. The Morgan fingerprint density at radius 1 is 1.33 bits per heavy atom.